The molecule has 18 heavy (non-hydrogen) atoms. The van der Waals surface area contributed by atoms with Gasteiger partial charge in [-0.25, -0.2) is 9.59 Å². The second-order valence-electron chi connectivity index (χ2n) is 5.54. The first-order valence-corrected chi connectivity index (χ1v) is 6.25. The number of hydrogen-bond acceptors (Lipinski definition) is 3. The number of carbonyl (C=O) groups is 2. The van der Waals surface area contributed by atoms with Crippen molar-refractivity contribution in [1.29, 1.82) is 0 Å². The van der Waals surface area contributed by atoms with Crippen molar-refractivity contribution >= 4 is 12.0 Å². The van der Waals surface area contributed by atoms with Gasteiger partial charge in [-0.2, -0.15) is 0 Å². The average Bonchev–Trinajstić information content (AvgIpc) is 2.46. The Morgan fingerprint density at radius 3 is 2.61 bits per heavy atom. The molecule has 0 bridgehead atoms. The number of rotatable bonds is 3. The second-order valence-corrected chi connectivity index (χ2v) is 5.54. The van der Waals surface area contributed by atoms with E-state index >= 15 is 0 Å². The number of aliphatic hydroxyl groups excluding tert-OH is 1. The Bertz CT molecular complexity index is 317. The summed E-state index contributed by atoms with van der Waals surface area (Å²) < 4.78 is 0. The summed E-state index contributed by atoms with van der Waals surface area (Å²) >= 11 is 0. The zero-order valence-corrected chi connectivity index (χ0v) is 11.0. The van der Waals surface area contributed by atoms with Gasteiger partial charge in [0.05, 0.1) is 6.54 Å². The van der Waals surface area contributed by atoms with Crippen LogP contribution in [0.5, 0.6) is 0 Å². The minimum absolute atomic E-state index is 0.246. The SMILES string of the molecule is CC1(C)CCCN(C(=O)NC[C@H](O)C(=O)O)CC1. The molecule has 0 saturated carbocycles. The molecule has 1 saturated heterocycles. The lowest BCUT2D eigenvalue weighted by Crippen LogP contribution is -2.45. The van der Waals surface area contributed by atoms with Gasteiger partial charge in [0.25, 0.3) is 0 Å². The fraction of sp³-hybridized carbons (Fsp3) is 0.833. The monoisotopic (exact) mass is 258 g/mol. The number of nitrogens with one attached hydrogen (secondary N) is 1. The summed E-state index contributed by atoms with van der Waals surface area (Å²) in [5, 5.41) is 20.0. The van der Waals surface area contributed by atoms with Gasteiger partial charge in [-0.05, 0) is 24.7 Å². The molecule has 6 heteroatoms. The van der Waals surface area contributed by atoms with Crippen LogP contribution < -0.4 is 5.32 Å². The first-order valence-electron chi connectivity index (χ1n) is 6.25. The Balaban J connectivity index is 2.40. The first kappa shape index (κ1) is 14.8. The molecule has 1 aliphatic rings. The molecular weight excluding hydrogens is 236 g/mol. The Morgan fingerprint density at radius 2 is 2.00 bits per heavy atom. The highest BCUT2D eigenvalue weighted by Crippen LogP contribution is 2.29. The lowest BCUT2D eigenvalue weighted by molar-refractivity contribution is -0.146. The van der Waals surface area contributed by atoms with E-state index in [1.54, 1.807) is 4.90 Å². The third-order valence-electron chi connectivity index (χ3n) is 3.36. The lowest BCUT2D eigenvalue weighted by Gasteiger charge is -2.23. The number of carboxylic acids is 1. The average molecular weight is 258 g/mol. The maximum Gasteiger partial charge on any atom is 0.334 e. The van der Waals surface area contributed by atoms with Gasteiger partial charge in [-0.3, -0.25) is 0 Å². The fourth-order valence-corrected chi connectivity index (χ4v) is 2.01. The summed E-state index contributed by atoms with van der Waals surface area (Å²) in [6.07, 6.45) is 1.41. The van der Waals surface area contributed by atoms with Crippen LogP contribution in [0.1, 0.15) is 33.1 Å². The van der Waals surface area contributed by atoms with Gasteiger partial charge in [0.1, 0.15) is 0 Å². The smallest absolute Gasteiger partial charge is 0.334 e. The van der Waals surface area contributed by atoms with E-state index in [-0.39, 0.29) is 18.0 Å². The summed E-state index contributed by atoms with van der Waals surface area (Å²) in [6.45, 7) is 5.46. The molecule has 0 aliphatic carbocycles. The summed E-state index contributed by atoms with van der Waals surface area (Å²) in [4.78, 5) is 23.9. The number of amides is 2. The molecule has 1 rings (SSSR count). The number of likely N-dealkylation sites (tertiary alicyclic amines) is 1. The molecule has 0 aromatic carbocycles. The molecule has 3 N–H and O–H groups in total. The molecule has 1 heterocycles. The molecule has 1 aliphatic heterocycles. The van der Waals surface area contributed by atoms with E-state index in [1.807, 2.05) is 0 Å². The van der Waals surface area contributed by atoms with Crippen LogP contribution in [0.15, 0.2) is 0 Å². The van der Waals surface area contributed by atoms with E-state index in [2.05, 4.69) is 19.2 Å². The van der Waals surface area contributed by atoms with Crippen molar-refractivity contribution in [1.82, 2.24) is 10.2 Å². The predicted molar refractivity (Wildman–Crippen MR) is 66.2 cm³/mol. The molecule has 0 radical (unpaired) electrons. The molecule has 0 aromatic rings. The van der Waals surface area contributed by atoms with Crippen LogP contribution in [0, 0.1) is 5.41 Å². The van der Waals surface area contributed by atoms with Crippen molar-refractivity contribution < 1.29 is 19.8 Å². The summed E-state index contributed by atoms with van der Waals surface area (Å²) in [6, 6.07) is -0.298. The number of carboxylic acid groups (broad SMARTS) is 1. The number of aliphatic carboxylic acids is 1. The quantitative estimate of drug-likeness (QED) is 0.693. The third-order valence-corrected chi connectivity index (χ3v) is 3.36. The van der Waals surface area contributed by atoms with E-state index in [4.69, 9.17) is 10.2 Å². The number of hydrogen-bond donors (Lipinski definition) is 3. The molecule has 0 aromatic heterocycles. The molecule has 2 amide bonds. The van der Waals surface area contributed by atoms with Gasteiger partial charge in [-0.15, -0.1) is 0 Å². The molecule has 1 atom stereocenters. The summed E-state index contributed by atoms with van der Waals surface area (Å²) in [7, 11) is 0. The van der Waals surface area contributed by atoms with Crippen LogP contribution in [0.25, 0.3) is 0 Å². The molecule has 104 valence electrons. The largest absolute Gasteiger partial charge is 0.479 e. The summed E-state index contributed by atoms with van der Waals surface area (Å²) in [5.74, 6) is -1.33. The highest BCUT2D eigenvalue weighted by atomic mass is 16.4. The highest BCUT2D eigenvalue weighted by molar-refractivity contribution is 5.76. The van der Waals surface area contributed by atoms with Crippen LogP contribution >= 0.6 is 0 Å². The van der Waals surface area contributed by atoms with Crippen molar-refractivity contribution in [2.24, 2.45) is 5.41 Å². The maximum absolute atomic E-state index is 11.8. The Morgan fingerprint density at radius 1 is 1.33 bits per heavy atom. The van der Waals surface area contributed by atoms with Crippen molar-refractivity contribution in [3.8, 4) is 0 Å². The van der Waals surface area contributed by atoms with E-state index < -0.39 is 12.1 Å². The van der Waals surface area contributed by atoms with Gasteiger partial charge < -0.3 is 20.4 Å². The van der Waals surface area contributed by atoms with Crippen LogP contribution in [-0.2, 0) is 4.79 Å². The number of nitrogens with zero attached hydrogens (tertiary/aromatic N) is 1. The first-order chi connectivity index (χ1) is 8.32. The van der Waals surface area contributed by atoms with Crippen molar-refractivity contribution in [2.75, 3.05) is 19.6 Å². The normalized spacial score (nSPS) is 20.9. The minimum Gasteiger partial charge on any atom is -0.479 e. The minimum atomic E-state index is -1.54. The number of urea groups is 1. The zero-order chi connectivity index (χ0) is 13.8. The van der Waals surface area contributed by atoms with Gasteiger partial charge in [0, 0.05) is 13.1 Å². The summed E-state index contributed by atoms with van der Waals surface area (Å²) in [5.41, 5.74) is 0.246. The third kappa shape index (κ3) is 4.52. The Labute approximate surface area is 107 Å². The van der Waals surface area contributed by atoms with Gasteiger partial charge in [-0.1, -0.05) is 13.8 Å². The Hall–Kier alpha value is -1.30. The molecule has 0 unspecified atom stereocenters. The van der Waals surface area contributed by atoms with Crippen molar-refractivity contribution in [2.45, 2.75) is 39.2 Å². The standard InChI is InChI=1S/C12H22N2O4/c1-12(2)4-3-6-14(7-5-12)11(18)13-8-9(15)10(16)17/h9,15H,3-8H2,1-2H3,(H,13,18)(H,16,17)/t9-/m0/s1. The number of aliphatic hydroxyl groups is 1. The Kier molecular flexibility index (Phi) is 4.95. The van der Waals surface area contributed by atoms with Crippen LogP contribution in [-0.4, -0.2) is 52.9 Å². The van der Waals surface area contributed by atoms with Gasteiger partial charge in [0.2, 0.25) is 0 Å². The van der Waals surface area contributed by atoms with E-state index in [1.165, 1.54) is 0 Å². The van der Waals surface area contributed by atoms with Gasteiger partial charge >= 0.3 is 12.0 Å². The predicted octanol–water partition coefficient (Wildman–Crippen LogP) is 0.654. The second kappa shape index (κ2) is 6.04. The van der Waals surface area contributed by atoms with Gasteiger partial charge in [0.15, 0.2) is 6.10 Å². The van der Waals surface area contributed by atoms with Crippen LogP contribution in [0.2, 0.25) is 0 Å². The van der Waals surface area contributed by atoms with Crippen LogP contribution in [0.3, 0.4) is 0 Å². The maximum atomic E-state index is 11.8. The fourth-order valence-electron chi connectivity index (χ4n) is 2.01. The molecule has 1 fully saturated rings. The highest BCUT2D eigenvalue weighted by Gasteiger charge is 2.25. The van der Waals surface area contributed by atoms with E-state index in [0.717, 1.165) is 19.3 Å². The number of carbonyl (C=O) groups excluding carboxylic acids is 1. The molecule has 6 nitrogen and oxygen atoms in total. The van der Waals surface area contributed by atoms with E-state index in [9.17, 15) is 9.59 Å². The van der Waals surface area contributed by atoms with Crippen LogP contribution in [0.4, 0.5) is 4.79 Å². The zero-order valence-electron chi connectivity index (χ0n) is 11.0. The van der Waals surface area contributed by atoms with Crippen molar-refractivity contribution in [3.63, 3.8) is 0 Å². The van der Waals surface area contributed by atoms with E-state index in [0.29, 0.717) is 13.1 Å². The topological polar surface area (TPSA) is 89.9 Å². The lowest BCUT2D eigenvalue weighted by atomic mass is 9.85. The molecule has 0 spiro atoms. The van der Waals surface area contributed by atoms with Crippen molar-refractivity contribution in [3.05, 3.63) is 0 Å². The molecular formula is C12H22N2O4.